The van der Waals surface area contributed by atoms with Gasteiger partial charge in [0.15, 0.2) is 12.4 Å². The van der Waals surface area contributed by atoms with Crippen LogP contribution in [0.5, 0.6) is 5.75 Å². The molecule has 164 valence electrons. The van der Waals surface area contributed by atoms with Crippen LogP contribution in [-0.2, 0) is 13.3 Å². The second-order valence-corrected chi connectivity index (χ2v) is 7.64. The summed E-state index contributed by atoms with van der Waals surface area (Å²) in [5.41, 5.74) is 2.70. The molecule has 0 aliphatic carbocycles. The number of nitrogens with zero attached hydrogens (tertiary/aromatic N) is 5. The zero-order valence-corrected chi connectivity index (χ0v) is 18.9. The number of ether oxygens (including phenoxy) is 1. The van der Waals surface area contributed by atoms with Gasteiger partial charge in [0.25, 0.3) is 11.8 Å². The third-order valence-electron chi connectivity index (χ3n) is 4.64. The van der Waals surface area contributed by atoms with Crippen molar-refractivity contribution in [3.63, 3.8) is 0 Å². The fraction of sp³-hybridized carbons (Fsp3) is 0.333. The van der Waals surface area contributed by atoms with Crippen LogP contribution in [0, 0.1) is 13.8 Å². The Morgan fingerprint density at radius 2 is 1.90 bits per heavy atom. The van der Waals surface area contributed by atoms with Crippen molar-refractivity contribution in [2.75, 3.05) is 19.4 Å². The van der Waals surface area contributed by atoms with Crippen LogP contribution in [0.3, 0.4) is 0 Å². The predicted octanol–water partition coefficient (Wildman–Crippen LogP) is 3.36. The maximum absolute atomic E-state index is 12.7. The van der Waals surface area contributed by atoms with Crippen molar-refractivity contribution in [1.82, 2.24) is 24.5 Å². The smallest absolute Gasteiger partial charge is 0.276 e. The molecule has 9 nitrogen and oxygen atoms in total. The molecule has 0 aliphatic heterocycles. The van der Waals surface area contributed by atoms with Gasteiger partial charge in [-0.05, 0) is 50.1 Å². The van der Waals surface area contributed by atoms with Crippen LogP contribution < -0.4 is 10.1 Å². The molecule has 2 heterocycles. The number of hydrogen-bond acceptors (Lipinski definition) is 5. The maximum atomic E-state index is 12.7. The first-order valence-corrected chi connectivity index (χ1v) is 10.1. The van der Waals surface area contributed by atoms with E-state index >= 15 is 0 Å². The van der Waals surface area contributed by atoms with E-state index in [0.29, 0.717) is 28.7 Å². The van der Waals surface area contributed by atoms with Crippen LogP contribution in [0.1, 0.15) is 39.0 Å². The fourth-order valence-corrected chi connectivity index (χ4v) is 3.13. The van der Waals surface area contributed by atoms with E-state index < -0.39 is 5.91 Å². The number of halogens is 1. The Bertz CT molecular complexity index is 1100. The molecule has 1 N–H and O–H groups in total. The van der Waals surface area contributed by atoms with E-state index in [9.17, 15) is 9.59 Å². The molecule has 0 radical (unpaired) electrons. The van der Waals surface area contributed by atoms with E-state index in [0.717, 1.165) is 11.1 Å². The minimum atomic E-state index is -0.444. The van der Waals surface area contributed by atoms with Crippen LogP contribution in [0.15, 0.2) is 30.6 Å². The molecule has 31 heavy (non-hydrogen) atoms. The number of nitrogens with one attached hydrogen (secondary N) is 1. The summed E-state index contributed by atoms with van der Waals surface area (Å²) in [5, 5.41) is 11.9. The Labute approximate surface area is 185 Å². The van der Waals surface area contributed by atoms with E-state index in [1.807, 2.05) is 32.9 Å². The van der Waals surface area contributed by atoms with Gasteiger partial charge in [0.05, 0.1) is 11.9 Å². The summed E-state index contributed by atoms with van der Waals surface area (Å²) in [7, 11) is 3.29. The summed E-state index contributed by atoms with van der Waals surface area (Å²) in [6, 6.07) is 5.27. The van der Waals surface area contributed by atoms with Gasteiger partial charge in [-0.2, -0.15) is 10.2 Å². The number of rotatable bonds is 7. The summed E-state index contributed by atoms with van der Waals surface area (Å²) in [6.07, 6.45) is 3.11. The van der Waals surface area contributed by atoms with Gasteiger partial charge in [-0.3, -0.25) is 14.3 Å². The third kappa shape index (κ3) is 4.88. The van der Waals surface area contributed by atoms with Crippen LogP contribution in [0.25, 0.3) is 0 Å². The monoisotopic (exact) mass is 444 g/mol. The summed E-state index contributed by atoms with van der Waals surface area (Å²) in [4.78, 5) is 26.6. The zero-order valence-electron chi connectivity index (χ0n) is 18.1. The number of aryl methyl sites for hydroxylation is 3. The Morgan fingerprint density at radius 3 is 2.52 bits per heavy atom. The third-order valence-corrected chi connectivity index (χ3v) is 5.24. The molecule has 0 atom stereocenters. The molecule has 1 aromatic carbocycles. The van der Waals surface area contributed by atoms with Gasteiger partial charge in [-0.1, -0.05) is 11.6 Å². The highest BCUT2D eigenvalue weighted by Crippen LogP contribution is 2.26. The van der Waals surface area contributed by atoms with Crippen LogP contribution in [0.4, 0.5) is 5.69 Å². The van der Waals surface area contributed by atoms with Crippen molar-refractivity contribution in [3.05, 3.63) is 58.1 Å². The molecule has 0 bridgehead atoms. The van der Waals surface area contributed by atoms with E-state index in [-0.39, 0.29) is 18.3 Å². The molecular formula is C21H25ClN6O3. The van der Waals surface area contributed by atoms with Gasteiger partial charge in [0.2, 0.25) is 0 Å². The Kier molecular flexibility index (Phi) is 6.65. The van der Waals surface area contributed by atoms with Gasteiger partial charge < -0.3 is 15.0 Å². The molecule has 3 rings (SSSR count). The van der Waals surface area contributed by atoms with Gasteiger partial charge >= 0.3 is 0 Å². The molecule has 0 spiro atoms. The Hall–Kier alpha value is -3.33. The first-order chi connectivity index (χ1) is 14.7. The number of carbonyl (C=O) groups excluding carboxylic acids is 2. The molecule has 0 fully saturated rings. The first kappa shape index (κ1) is 22.4. The molecule has 0 unspecified atom stereocenters. The Morgan fingerprint density at radius 1 is 1.23 bits per heavy atom. The quantitative estimate of drug-likeness (QED) is 0.603. The second-order valence-electron chi connectivity index (χ2n) is 7.26. The number of carbonyl (C=O) groups is 2. The van der Waals surface area contributed by atoms with E-state index in [1.54, 1.807) is 31.0 Å². The van der Waals surface area contributed by atoms with Gasteiger partial charge in [0, 0.05) is 31.9 Å². The SMILES string of the molecule is CCn1ncc(NC(=O)c2ccn(COc3cc(C)c(Cl)c(C)c3)n2)c1C(=O)N(C)C. The number of hydrogen-bond donors (Lipinski definition) is 1. The largest absolute Gasteiger partial charge is 0.471 e. The highest BCUT2D eigenvalue weighted by Gasteiger charge is 2.22. The van der Waals surface area contributed by atoms with Crippen molar-refractivity contribution in [1.29, 1.82) is 0 Å². The summed E-state index contributed by atoms with van der Waals surface area (Å²) < 4.78 is 8.81. The molecule has 2 amide bonds. The van der Waals surface area contributed by atoms with E-state index in [1.165, 1.54) is 15.8 Å². The van der Waals surface area contributed by atoms with Gasteiger partial charge in [-0.15, -0.1) is 0 Å². The predicted molar refractivity (Wildman–Crippen MR) is 118 cm³/mol. The molecule has 0 saturated heterocycles. The molecule has 10 heteroatoms. The van der Waals surface area contributed by atoms with Crippen LogP contribution >= 0.6 is 11.6 Å². The Balaban J connectivity index is 1.70. The normalized spacial score (nSPS) is 10.8. The van der Waals surface area contributed by atoms with Crippen LogP contribution in [0.2, 0.25) is 5.02 Å². The first-order valence-electron chi connectivity index (χ1n) is 9.73. The van der Waals surface area contributed by atoms with E-state index in [2.05, 4.69) is 15.5 Å². The minimum absolute atomic E-state index is 0.131. The zero-order chi connectivity index (χ0) is 22.7. The van der Waals surface area contributed by atoms with Crippen molar-refractivity contribution < 1.29 is 14.3 Å². The van der Waals surface area contributed by atoms with Crippen LogP contribution in [-0.4, -0.2) is 50.4 Å². The van der Waals surface area contributed by atoms with Gasteiger partial charge in [0.1, 0.15) is 11.4 Å². The summed E-state index contributed by atoms with van der Waals surface area (Å²) in [6.45, 7) is 6.33. The number of anilines is 1. The average Bonchev–Trinajstić information content (AvgIpc) is 3.36. The molecule has 2 aromatic heterocycles. The highest BCUT2D eigenvalue weighted by molar-refractivity contribution is 6.32. The number of aromatic nitrogens is 4. The lowest BCUT2D eigenvalue weighted by Gasteiger charge is -2.13. The standard InChI is InChI=1S/C21H25ClN6O3/c1-6-28-19(21(30)26(4)5)17(11-23-28)24-20(29)16-7-8-27(25-16)12-31-15-9-13(2)18(22)14(3)10-15/h7-11H,6,12H2,1-5H3,(H,24,29). The lowest BCUT2D eigenvalue weighted by atomic mass is 10.1. The lowest BCUT2D eigenvalue weighted by molar-refractivity contribution is 0.0816. The van der Waals surface area contributed by atoms with Gasteiger partial charge in [-0.25, -0.2) is 4.68 Å². The summed E-state index contributed by atoms with van der Waals surface area (Å²) in [5.74, 6) is -0.0257. The number of amides is 2. The maximum Gasteiger partial charge on any atom is 0.276 e. The van der Waals surface area contributed by atoms with Crippen molar-refractivity contribution >= 4 is 29.1 Å². The van der Waals surface area contributed by atoms with Crippen molar-refractivity contribution in [3.8, 4) is 5.75 Å². The fourth-order valence-electron chi connectivity index (χ4n) is 3.03. The average molecular weight is 445 g/mol. The topological polar surface area (TPSA) is 94.3 Å². The lowest BCUT2D eigenvalue weighted by Crippen LogP contribution is -2.26. The molecule has 0 saturated carbocycles. The van der Waals surface area contributed by atoms with E-state index in [4.69, 9.17) is 16.3 Å². The molecule has 3 aromatic rings. The van der Waals surface area contributed by atoms with Crippen molar-refractivity contribution in [2.24, 2.45) is 0 Å². The molecular weight excluding hydrogens is 420 g/mol. The number of benzene rings is 1. The second kappa shape index (κ2) is 9.22. The van der Waals surface area contributed by atoms with Crippen molar-refractivity contribution in [2.45, 2.75) is 34.0 Å². The highest BCUT2D eigenvalue weighted by atomic mass is 35.5. The summed E-state index contributed by atoms with van der Waals surface area (Å²) >= 11 is 6.18. The molecule has 0 aliphatic rings. The minimum Gasteiger partial charge on any atom is -0.471 e.